The van der Waals surface area contributed by atoms with Gasteiger partial charge in [0.15, 0.2) is 0 Å². The standard InChI is InChI=1S/C15H19ClN2S/c1-10(7-13-5-4-6-14(16)8-13)17-9-15-11(2)18-12(3)19-15/h4-6,8,10,17H,7,9H2,1-3H3. The van der Waals surface area contributed by atoms with Crippen molar-refractivity contribution in [3.05, 3.63) is 50.4 Å². The lowest BCUT2D eigenvalue weighted by molar-refractivity contribution is 0.547. The van der Waals surface area contributed by atoms with Gasteiger partial charge in [-0.15, -0.1) is 11.3 Å². The van der Waals surface area contributed by atoms with E-state index in [1.165, 1.54) is 10.4 Å². The third kappa shape index (κ3) is 4.30. The number of nitrogens with one attached hydrogen (secondary N) is 1. The third-order valence-corrected chi connectivity index (χ3v) is 4.35. The van der Waals surface area contributed by atoms with Crippen molar-refractivity contribution in [2.24, 2.45) is 0 Å². The molecule has 0 radical (unpaired) electrons. The van der Waals surface area contributed by atoms with Crippen LogP contribution in [0.25, 0.3) is 0 Å². The molecule has 2 aromatic rings. The molecule has 1 heterocycles. The minimum Gasteiger partial charge on any atom is -0.309 e. The van der Waals surface area contributed by atoms with Gasteiger partial charge in [-0.25, -0.2) is 4.98 Å². The molecular formula is C15H19ClN2S. The molecule has 1 aromatic heterocycles. The van der Waals surface area contributed by atoms with E-state index in [2.05, 4.69) is 37.1 Å². The first-order valence-corrected chi connectivity index (χ1v) is 7.65. The molecule has 2 rings (SSSR count). The lowest BCUT2D eigenvalue weighted by atomic mass is 10.1. The monoisotopic (exact) mass is 294 g/mol. The first-order valence-electron chi connectivity index (χ1n) is 6.45. The predicted octanol–water partition coefficient (Wildman–Crippen LogP) is 4.13. The van der Waals surface area contributed by atoms with Crippen LogP contribution < -0.4 is 5.32 Å². The van der Waals surface area contributed by atoms with Gasteiger partial charge in [-0.3, -0.25) is 0 Å². The molecule has 1 aromatic carbocycles. The van der Waals surface area contributed by atoms with Crippen molar-refractivity contribution >= 4 is 22.9 Å². The third-order valence-electron chi connectivity index (χ3n) is 3.04. The molecule has 0 aliphatic carbocycles. The van der Waals surface area contributed by atoms with E-state index >= 15 is 0 Å². The SMILES string of the molecule is Cc1nc(C)c(CNC(C)Cc2cccc(Cl)c2)s1. The summed E-state index contributed by atoms with van der Waals surface area (Å²) in [6.07, 6.45) is 0.984. The smallest absolute Gasteiger partial charge is 0.0900 e. The number of hydrogen-bond donors (Lipinski definition) is 1. The van der Waals surface area contributed by atoms with Gasteiger partial charge in [0.05, 0.1) is 10.7 Å². The number of rotatable bonds is 5. The van der Waals surface area contributed by atoms with Crippen LogP contribution in [-0.4, -0.2) is 11.0 Å². The average Bonchev–Trinajstić information content (AvgIpc) is 2.65. The number of halogens is 1. The summed E-state index contributed by atoms with van der Waals surface area (Å²) >= 11 is 7.77. The van der Waals surface area contributed by atoms with Crippen LogP contribution in [0.1, 0.15) is 28.1 Å². The molecule has 0 aliphatic rings. The molecule has 0 saturated heterocycles. The Kier molecular flexibility index (Phi) is 4.97. The predicted molar refractivity (Wildman–Crippen MR) is 83.0 cm³/mol. The van der Waals surface area contributed by atoms with Crippen molar-refractivity contribution in [3.63, 3.8) is 0 Å². The normalized spacial score (nSPS) is 12.6. The first kappa shape index (κ1) is 14.5. The maximum atomic E-state index is 6.00. The molecule has 0 aliphatic heterocycles. The average molecular weight is 295 g/mol. The summed E-state index contributed by atoms with van der Waals surface area (Å²) in [6.45, 7) is 7.21. The second kappa shape index (κ2) is 6.51. The minimum absolute atomic E-state index is 0.417. The Balaban J connectivity index is 1.88. The number of benzene rings is 1. The van der Waals surface area contributed by atoms with E-state index in [-0.39, 0.29) is 0 Å². The lowest BCUT2D eigenvalue weighted by Gasteiger charge is -2.13. The van der Waals surface area contributed by atoms with Gasteiger partial charge in [-0.1, -0.05) is 23.7 Å². The van der Waals surface area contributed by atoms with Crippen LogP contribution in [0.4, 0.5) is 0 Å². The molecule has 4 heteroatoms. The van der Waals surface area contributed by atoms with Gasteiger partial charge in [0.25, 0.3) is 0 Å². The summed E-state index contributed by atoms with van der Waals surface area (Å²) in [5, 5.41) is 5.49. The van der Waals surface area contributed by atoms with E-state index in [9.17, 15) is 0 Å². The van der Waals surface area contributed by atoms with Gasteiger partial charge < -0.3 is 5.32 Å². The van der Waals surface area contributed by atoms with Crippen LogP contribution in [-0.2, 0) is 13.0 Å². The fourth-order valence-corrected chi connectivity index (χ4v) is 3.19. The lowest BCUT2D eigenvalue weighted by Crippen LogP contribution is -2.27. The summed E-state index contributed by atoms with van der Waals surface area (Å²) < 4.78 is 0. The fraction of sp³-hybridized carbons (Fsp3) is 0.400. The molecule has 0 amide bonds. The Bertz CT molecular complexity index is 551. The number of aryl methyl sites for hydroxylation is 2. The van der Waals surface area contributed by atoms with Gasteiger partial charge in [0.2, 0.25) is 0 Å². The van der Waals surface area contributed by atoms with Crippen molar-refractivity contribution in [1.29, 1.82) is 0 Å². The zero-order chi connectivity index (χ0) is 13.8. The van der Waals surface area contributed by atoms with Gasteiger partial charge >= 0.3 is 0 Å². The van der Waals surface area contributed by atoms with Crippen molar-refractivity contribution in [2.45, 2.75) is 39.8 Å². The minimum atomic E-state index is 0.417. The second-order valence-electron chi connectivity index (χ2n) is 4.86. The first-order chi connectivity index (χ1) is 9.04. The van der Waals surface area contributed by atoms with E-state index in [0.717, 1.165) is 28.7 Å². The summed E-state index contributed by atoms with van der Waals surface area (Å²) in [7, 11) is 0. The van der Waals surface area contributed by atoms with Crippen LogP contribution in [0, 0.1) is 13.8 Å². The Morgan fingerprint density at radius 2 is 2.16 bits per heavy atom. The van der Waals surface area contributed by atoms with E-state index in [4.69, 9.17) is 11.6 Å². The van der Waals surface area contributed by atoms with Gasteiger partial charge in [-0.05, 0) is 44.9 Å². The molecule has 0 spiro atoms. The second-order valence-corrected chi connectivity index (χ2v) is 6.58. The fourth-order valence-electron chi connectivity index (χ4n) is 2.09. The maximum absolute atomic E-state index is 6.00. The Labute approximate surface area is 123 Å². The van der Waals surface area contributed by atoms with Gasteiger partial charge in [0.1, 0.15) is 0 Å². The Morgan fingerprint density at radius 3 is 2.79 bits per heavy atom. The van der Waals surface area contributed by atoms with Gasteiger partial charge in [0, 0.05) is 22.5 Å². The Morgan fingerprint density at radius 1 is 1.37 bits per heavy atom. The molecule has 0 saturated carbocycles. The highest BCUT2D eigenvalue weighted by Gasteiger charge is 2.07. The highest BCUT2D eigenvalue weighted by molar-refractivity contribution is 7.11. The van der Waals surface area contributed by atoms with E-state index in [1.807, 2.05) is 18.2 Å². The zero-order valence-electron chi connectivity index (χ0n) is 11.5. The molecule has 0 fully saturated rings. The van der Waals surface area contributed by atoms with Crippen LogP contribution in [0.3, 0.4) is 0 Å². The molecular weight excluding hydrogens is 276 g/mol. The van der Waals surface area contributed by atoms with Crippen LogP contribution in [0.2, 0.25) is 5.02 Å². The van der Waals surface area contributed by atoms with E-state index in [0.29, 0.717) is 6.04 Å². The molecule has 2 nitrogen and oxygen atoms in total. The molecule has 1 N–H and O–H groups in total. The number of thiazole rings is 1. The van der Waals surface area contributed by atoms with Crippen LogP contribution in [0.15, 0.2) is 24.3 Å². The summed E-state index contributed by atoms with van der Waals surface area (Å²) in [5.41, 5.74) is 2.41. The zero-order valence-corrected chi connectivity index (χ0v) is 13.1. The molecule has 1 atom stereocenters. The number of hydrogen-bond acceptors (Lipinski definition) is 3. The quantitative estimate of drug-likeness (QED) is 0.897. The number of aromatic nitrogens is 1. The topological polar surface area (TPSA) is 24.9 Å². The number of nitrogens with zero attached hydrogens (tertiary/aromatic N) is 1. The summed E-state index contributed by atoms with van der Waals surface area (Å²) in [6, 6.07) is 8.47. The van der Waals surface area contributed by atoms with Crippen LogP contribution >= 0.6 is 22.9 Å². The largest absolute Gasteiger partial charge is 0.309 e. The van der Waals surface area contributed by atoms with Crippen molar-refractivity contribution in [1.82, 2.24) is 10.3 Å². The maximum Gasteiger partial charge on any atom is 0.0900 e. The van der Waals surface area contributed by atoms with Crippen molar-refractivity contribution in [2.75, 3.05) is 0 Å². The van der Waals surface area contributed by atoms with E-state index < -0.39 is 0 Å². The molecule has 19 heavy (non-hydrogen) atoms. The molecule has 102 valence electrons. The van der Waals surface area contributed by atoms with Crippen LogP contribution in [0.5, 0.6) is 0 Å². The molecule has 0 bridgehead atoms. The highest BCUT2D eigenvalue weighted by Crippen LogP contribution is 2.17. The Hall–Kier alpha value is -0.900. The van der Waals surface area contributed by atoms with Crippen molar-refractivity contribution in [3.8, 4) is 0 Å². The van der Waals surface area contributed by atoms with Crippen molar-refractivity contribution < 1.29 is 0 Å². The van der Waals surface area contributed by atoms with E-state index in [1.54, 1.807) is 11.3 Å². The highest BCUT2D eigenvalue weighted by atomic mass is 35.5. The summed E-state index contributed by atoms with van der Waals surface area (Å²) in [5.74, 6) is 0. The summed E-state index contributed by atoms with van der Waals surface area (Å²) in [4.78, 5) is 5.77. The van der Waals surface area contributed by atoms with Gasteiger partial charge in [-0.2, -0.15) is 0 Å². The molecule has 1 unspecified atom stereocenters.